The van der Waals surface area contributed by atoms with Crippen molar-refractivity contribution in [1.29, 1.82) is 0 Å². The van der Waals surface area contributed by atoms with E-state index >= 15 is 0 Å². The molecule has 6 aromatic carbocycles. The van der Waals surface area contributed by atoms with Gasteiger partial charge in [-0.25, -0.2) is 0 Å². The molecule has 34 heavy (non-hydrogen) atoms. The van der Waals surface area contributed by atoms with E-state index < -0.39 is 0 Å². The van der Waals surface area contributed by atoms with Gasteiger partial charge in [-0.15, -0.1) is 79.5 Å². The molecule has 0 amide bonds. The first-order chi connectivity index (χ1) is 16.3. The van der Waals surface area contributed by atoms with Crippen molar-refractivity contribution in [1.82, 2.24) is 0 Å². The second-order valence-corrected chi connectivity index (χ2v) is 8.14. The summed E-state index contributed by atoms with van der Waals surface area (Å²) in [4.78, 5) is 0. The molecular formula is C30H32O2SiTi. The molecule has 0 atom stereocenters. The van der Waals surface area contributed by atoms with Crippen LogP contribution in [0.15, 0.2) is 109 Å². The fourth-order valence-corrected chi connectivity index (χ4v) is 3.81. The average molecular weight is 501 g/mol. The Kier molecular flexibility index (Phi) is 14.0. The fourth-order valence-electron chi connectivity index (χ4n) is 3.81. The standard InChI is InChI=1S/2C13H9.C2H6Si.2CH4O.Ti/c2*1-3-7-12-10(5-1)9-11-6-2-4-8-13(11)12;1-3-2;2*1-2;/h2*1-9H;1-2H3;2*2H,1H3;/q2*-1;;;;+2. The summed E-state index contributed by atoms with van der Waals surface area (Å²) in [6.07, 6.45) is 0. The van der Waals surface area contributed by atoms with E-state index in [1.807, 2.05) is 0 Å². The molecule has 2 nitrogen and oxygen atoms in total. The van der Waals surface area contributed by atoms with Crippen LogP contribution < -0.4 is 0 Å². The van der Waals surface area contributed by atoms with E-state index in [2.05, 4.69) is 122 Å². The Labute approximate surface area is 220 Å². The summed E-state index contributed by atoms with van der Waals surface area (Å²) in [6, 6.07) is 38.5. The van der Waals surface area contributed by atoms with Gasteiger partial charge in [0, 0.05) is 23.7 Å². The number of rotatable bonds is 0. The van der Waals surface area contributed by atoms with Gasteiger partial charge in [0.05, 0.1) is 0 Å². The molecule has 0 aliphatic heterocycles. The van der Waals surface area contributed by atoms with E-state index in [-0.39, 0.29) is 21.7 Å². The van der Waals surface area contributed by atoms with Crippen molar-refractivity contribution < 1.29 is 31.9 Å². The third-order valence-corrected chi connectivity index (χ3v) is 5.05. The van der Waals surface area contributed by atoms with E-state index in [4.69, 9.17) is 10.2 Å². The van der Waals surface area contributed by atoms with Crippen LogP contribution in [0.2, 0.25) is 13.1 Å². The van der Waals surface area contributed by atoms with Crippen LogP contribution in [0.3, 0.4) is 0 Å². The Hall–Kier alpha value is -2.53. The van der Waals surface area contributed by atoms with Gasteiger partial charge < -0.3 is 10.2 Å². The van der Waals surface area contributed by atoms with E-state index in [0.29, 0.717) is 0 Å². The molecule has 0 aliphatic carbocycles. The Balaban J connectivity index is 0.000000264. The summed E-state index contributed by atoms with van der Waals surface area (Å²) in [5.74, 6) is 0. The molecule has 6 aromatic rings. The van der Waals surface area contributed by atoms with Gasteiger partial charge in [-0.1, -0.05) is 85.9 Å². The van der Waals surface area contributed by atoms with Crippen molar-refractivity contribution in [3.63, 3.8) is 0 Å². The molecule has 0 aliphatic rings. The molecule has 6 rings (SSSR count). The SMILES string of the molecule is CO.CO.C[Si]C.[Ti+2].c1ccc2c(c1)[cH-]c1ccccc12.c1ccc2c(c1)[cH-]c1ccccc12. The maximum atomic E-state index is 7.00. The quantitative estimate of drug-likeness (QED) is 0.168. The van der Waals surface area contributed by atoms with Crippen molar-refractivity contribution in [2.75, 3.05) is 14.2 Å². The van der Waals surface area contributed by atoms with Crippen molar-refractivity contribution >= 4 is 52.6 Å². The topological polar surface area (TPSA) is 40.5 Å². The van der Waals surface area contributed by atoms with Gasteiger partial charge in [-0.3, -0.25) is 0 Å². The van der Waals surface area contributed by atoms with Crippen LogP contribution >= 0.6 is 0 Å². The number of benzene rings is 4. The normalized spacial score (nSPS) is 9.35. The molecule has 4 heteroatoms. The van der Waals surface area contributed by atoms with Gasteiger partial charge in [0.1, 0.15) is 0 Å². The minimum Gasteiger partial charge on any atom is -0.400 e. The van der Waals surface area contributed by atoms with Crippen LogP contribution in [0.4, 0.5) is 0 Å². The molecule has 0 fully saturated rings. The van der Waals surface area contributed by atoms with Crippen LogP contribution in [0.1, 0.15) is 0 Å². The molecular weight excluding hydrogens is 468 g/mol. The summed E-state index contributed by atoms with van der Waals surface area (Å²) in [7, 11) is 3.08. The third-order valence-electron chi connectivity index (χ3n) is 5.05. The average Bonchev–Trinajstić information content (AvgIpc) is 3.46. The maximum absolute atomic E-state index is 7.00. The monoisotopic (exact) mass is 500 g/mol. The summed E-state index contributed by atoms with van der Waals surface area (Å²) in [5, 5.41) is 24.8. The van der Waals surface area contributed by atoms with Crippen molar-refractivity contribution in [3.8, 4) is 0 Å². The Bertz CT molecular complexity index is 1160. The Morgan fingerprint density at radius 3 is 0.824 bits per heavy atom. The van der Waals surface area contributed by atoms with Crippen molar-refractivity contribution in [3.05, 3.63) is 109 Å². The summed E-state index contributed by atoms with van der Waals surface area (Å²) in [6.45, 7) is 4.31. The van der Waals surface area contributed by atoms with Gasteiger partial charge in [0.15, 0.2) is 0 Å². The fraction of sp³-hybridized carbons (Fsp3) is 0.133. The van der Waals surface area contributed by atoms with Crippen molar-refractivity contribution in [2.24, 2.45) is 0 Å². The minimum atomic E-state index is 0. The Morgan fingerprint density at radius 1 is 0.441 bits per heavy atom. The first-order valence-electron chi connectivity index (χ1n) is 10.9. The number of hydrogen-bond donors (Lipinski definition) is 2. The number of hydrogen-bond acceptors (Lipinski definition) is 2. The van der Waals surface area contributed by atoms with Gasteiger partial charge >= 0.3 is 21.7 Å². The summed E-state index contributed by atoms with van der Waals surface area (Å²) >= 11 is 0. The van der Waals surface area contributed by atoms with Gasteiger partial charge in [0.2, 0.25) is 0 Å². The smallest absolute Gasteiger partial charge is 0.400 e. The first kappa shape index (κ1) is 29.5. The van der Waals surface area contributed by atoms with E-state index in [1.54, 1.807) is 0 Å². The molecule has 0 heterocycles. The third kappa shape index (κ3) is 7.23. The molecule has 2 radical (unpaired) electrons. The predicted octanol–water partition coefficient (Wildman–Crippen LogP) is 7.43. The number of aliphatic hydroxyl groups excluding tert-OH is 2. The van der Waals surface area contributed by atoms with Gasteiger partial charge in [0.25, 0.3) is 0 Å². The molecule has 0 aromatic heterocycles. The molecule has 172 valence electrons. The second-order valence-electron chi connectivity index (χ2n) is 7.14. The number of fused-ring (bicyclic) bond motifs is 6. The predicted molar refractivity (Wildman–Crippen MR) is 148 cm³/mol. The van der Waals surface area contributed by atoms with Crippen LogP contribution in [0, 0.1) is 0 Å². The number of aliphatic hydroxyl groups is 2. The zero-order valence-corrected chi connectivity index (χ0v) is 22.8. The zero-order chi connectivity index (χ0) is 24.1. The van der Waals surface area contributed by atoms with Crippen molar-refractivity contribution in [2.45, 2.75) is 13.1 Å². The zero-order valence-electron chi connectivity index (χ0n) is 20.3. The minimum absolute atomic E-state index is 0. The molecule has 0 spiro atoms. The van der Waals surface area contributed by atoms with Crippen LogP contribution in [-0.2, 0) is 21.7 Å². The van der Waals surface area contributed by atoms with Gasteiger partial charge in [-0.2, -0.15) is 0 Å². The van der Waals surface area contributed by atoms with Crippen LogP contribution in [0.25, 0.3) is 43.1 Å². The summed E-state index contributed by atoms with van der Waals surface area (Å²) < 4.78 is 0. The van der Waals surface area contributed by atoms with Gasteiger partial charge in [-0.05, 0) is 0 Å². The van der Waals surface area contributed by atoms with Crippen LogP contribution in [0.5, 0.6) is 0 Å². The summed E-state index contributed by atoms with van der Waals surface area (Å²) in [5.41, 5.74) is 0. The second kappa shape index (κ2) is 16.2. The van der Waals surface area contributed by atoms with Crippen LogP contribution in [-0.4, -0.2) is 34.0 Å². The molecule has 0 unspecified atom stereocenters. The molecule has 0 saturated carbocycles. The molecule has 0 bridgehead atoms. The molecule has 2 N–H and O–H groups in total. The van der Waals surface area contributed by atoms with E-state index in [1.165, 1.54) is 43.1 Å². The Morgan fingerprint density at radius 2 is 0.618 bits per heavy atom. The van der Waals surface area contributed by atoms with E-state index in [0.717, 1.165) is 23.7 Å². The van der Waals surface area contributed by atoms with E-state index in [9.17, 15) is 0 Å². The first-order valence-corrected chi connectivity index (χ1v) is 12.9. The molecule has 0 saturated heterocycles. The largest absolute Gasteiger partial charge is 2.00 e. The maximum Gasteiger partial charge on any atom is 2.00 e.